The standard InChI is InChI=1S/C23H17ClF4N4O3/c24-16-6-4-14(5-7-16)21(33)29-13-20(15-2-1-3-17(25)12-15)31-32-22(34)30-18-8-10-19(11-9-18)35-23(26,27)28/h1-12H,13H2,(H,29,33)(H2,30,32,34)/b31-20-. The fourth-order valence-corrected chi connectivity index (χ4v) is 2.88. The first-order valence-electron chi connectivity index (χ1n) is 9.88. The highest BCUT2D eigenvalue weighted by Crippen LogP contribution is 2.23. The number of alkyl halides is 3. The Labute approximate surface area is 201 Å². The summed E-state index contributed by atoms with van der Waals surface area (Å²) >= 11 is 5.82. The van der Waals surface area contributed by atoms with E-state index in [-0.39, 0.29) is 17.9 Å². The number of urea groups is 1. The first-order valence-corrected chi connectivity index (χ1v) is 10.3. The van der Waals surface area contributed by atoms with E-state index >= 15 is 0 Å². The minimum absolute atomic E-state index is 0.135. The summed E-state index contributed by atoms with van der Waals surface area (Å²) in [6, 6.07) is 15.1. The number of ether oxygens (including phenoxy) is 1. The second-order valence-electron chi connectivity index (χ2n) is 6.90. The van der Waals surface area contributed by atoms with E-state index in [1.807, 2.05) is 0 Å². The summed E-state index contributed by atoms with van der Waals surface area (Å²) in [5.41, 5.74) is 3.14. The predicted molar refractivity (Wildman–Crippen MR) is 122 cm³/mol. The van der Waals surface area contributed by atoms with Crippen LogP contribution in [0.15, 0.2) is 77.9 Å². The van der Waals surface area contributed by atoms with Gasteiger partial charge in [0.05, 0.1) is 12.3 Å². The third-order valence-corrected chi connectivity index (χ3v) is 4.57. The van der Waals surface area contributed by atoms with Crippen molar-refractivity contribution in [3.05, 3.63) is 94.8 Å². The van der Waals surface area contributed by atoms with Crippen LogP contribution in [0.2, 0.25) is 5.02 Å². The Balaban J connectivity index is 1.67. The molecule has 12 heteroatoms. The van der Waals surface area contributed by atoms with E-state index in [0.717, 1.165) is 12.1 Å². The second-order valence-corrected chi connectivity index (χ2v) is 7.33. The maximum atomic E-state index is 13.7. The van der Waals surface area contributed by atoms with Crippen LogP contribution in [0.1, 0.15) is 15.9 Å². The summed E-state index contributed by atoms with van der Waals surface area (Å²) < 4.78 is 54.2. The van der Waals surface area contributed by atoms with Gasteiger partial charge in [0, 0.05) is 21.8 Å². The Morgan fingerprint density at radius 1 is 0.943 bits per heavy atom. The molecule has 0 bridgehead atoms. The van der Waals surface area contributed by atoms with Gasteiger partial charge in [-0.2, -0.15) is 5.10 Å². The lowest BCUT2D eigenvalue weighted by Gasteiger charge is -2.11. The molecule has 0 saturated carbocycles. The lowest BCUT2D eigenvalue weighted by molar-refractivity contribution is -0.274. The molecule has 3 aromatic carbocycles. The molecule has 3 rings (SSSR count). The van der Waals surface area contributed by atoms with Gasteiger partial charge in [0.25, 0.3) is 5.91 Å². The number of halogens is 5. The van der Waals surface area contributed by atoms with Crippen LogP contribution in [0, 0.1) is 5.82 Å². The molecule has 3 N–H and O–H groups in total. The zero-order valence-corrected chi connectivity index (χ0v) is 18.5. The van der Waals surface area contributed by atoms with Gasteiger partial charge in [0.1, 0.15) is 11.6 Å². The Hall–Kier alpha value is -4.12. The van der Waals surface area contributed by atoms with Gasteiger partial charge in [-0.1, -0.05) is 23.7 Å². The summed E-state index contributed by atoms with van der Waals surface area (Å²) in [4.78, 5) is 24.6. The zero-order valence-electron chi connectivity index (χ0n) is 17.7. The molecule has 182 valence electrons. The number of carbonyl (C=O) groups is 2. The van der Waals surface area contributed by atoms with Crippen molar-refractivity contribution in [1.82, 2.24) is 10.7 Å². The summed E-state index contributed by atoms with van der Waals surface area (Å²) in [7, 11) is 0. The lowest BCUT2D eigenvalue weighted by Crippen LogP contribution is -2.33. The molecule has 0 radical (unpaired) electrons. The largest absolute Gasteiger partial charge is 0.573 e. The molecule has 0 aliphatic carbocycles. The first kappa shape index (κ1) is 25.5. The van der Waals surface area contributed by atoms with Gasteiger partial charge in [0.15, 0.2) is 0 Å². The molecule has 0 spiro atoms. The number of nitrogens with one attached hydrogen (secondary N) is 3. The van der Waals surface area contributed by atoms with Gasteiger partial charge in [-0.25, -0.2) is 14.6 Å². The number of benzene rings is 3. The molecule has 0 saturated heterocycles. The summed E-state index contributed by atoms with van der Waals surface area (Å²) in [6.07, 6.45) is -4.84. The van der Waals surface area contributed by atoms with E-state index in [9.17, 15) is 27.2 Å². The average Bonchev–Trinajstić information content (AvgIpc) is 2.79. The Morgan fingerprint density at radius 3 is 2.26 bits per heavy atom. The smallest absolute Gasteiger partial charge is 0.406 e. The summed E-state index contributed by atoms with van der Waals surface area (Å²) in [5.74, 6) is -1.45. The number of anilines is 1. The molecule has 0 aromatic heterocycles. The Bertz CT molecular complexity index is 1220. The minimum Gasteiger partial charge on any atom is -0.406 e. The number of hydrogen-bond donors (Lipinski definition) is 3. The fourth-order valence-electron chi connectivity index (χ4n) is 2.76. The van der Waals surface area contributed by atoms with Gasteiger partial charge < -0.3 is 15.4 Å². The van der Waals surface area contributed by atoms with Crippen molar-refractivity contribution in [2.75, 3.05) is 11.9 Å². The van der Waals surface area contributed by atoms with Crippen molar-refractivity contribution in [2.24, 2.45) is 5.10 Å². The highest BCUT2D eigenvalue weighted by molar-refractivity contribution is 6.30. The molecule has 0 unspecified atom stereocenters. The number of rotatable bonds is 7. The van der Waals surface area contributed by atoms with Crippen LogP contribution in [0.3, 0.4) is 0 Å². The van der Waals surface area contributed by atoms with E-state index in [4.69, 9.17) is 11.6 Å². The maximum absolute atomic E-state index is 13.7. The topological polar surface area (TPSA) is 91.8 Å². The van der Waals surface area contributed by atoms with E-state index in [2.05, 4.69) is 25.9 Å². The molecule has 0 heterocycles. The van der Waals surface area contributed by atoms with E-state index in [0.29, 0.717) is 16.1 Å². The monoisotopic (exact) mass is 508 g/mol. The highest BCUT2D eigenvalue weighted by atomic mass is 35.5. The number of hydrogen-bond acceptors (Lipinski definition) is 4. The van der Waals surface area contributed by atoms with Crippen LogP contribution < -0.4 is 20.8 Å². The summed E-state index contributed by atoms with van der Waals surface area (Å²) in [6.45, 7) is -0.158. The van der Waals surface area contributed by atoms with Gasteiger partial charge >= 0.3 is 12.4 Å². The second kappa shape index (κ2) is 11.3. The highest BCUT2D eigenvalue weighted by Gasteiger charge is 2.30. The summed E-state index contributed by atoms with van der Waals surface area (Å²) in [5, 5.41) is 9.42. The molecule has 35 heavy (non-hydrogen) atoms. The van der Waals surface area contributed by atoms with Crippen molar-refractivity contribution < 1.29 is 31.9 Å². The molecular formula is C23H17ClF4N4O3. The van der Waals surface area contributed by atoms with Crippen molar-refractivity contribution in [1.29, 1.82) is 0 Å². The van der Waals surface area contributed by atoms with E-state index in [1.54, 1.807) is 12.1 Å². The molecule has 0 aliphatic heterocycles. The van der Waals surface area contributed by atoms with Crippen molar-refractivity contribution in [3.8, 4) is 5.75 Å². The van der Waals surface area contributed by atoms with Gasteiger partial charge in [0.2, 0.25) is 0 Å². The molecular weight excluding hydrogens is 492 g/mol. The van der Waals surface area contributed by atoms with E-state index in [1.165, 1.54) is 48.5 Å². The number of carbonyl (C=O) groups excluding carboxylic acids is 2. The van der Waals surface area contributed by atoms with Gasteiger partial charge in [-0.15, -0.1) is 13.2 Å². The SMILES string of the molecule is O=C(N/N=C(/CNC(=O)c1ccc(Cl)cc1)c1cccc(F)c1)Nc1ccc(OC(F)(F)F)cc1. The number of amides is 3. The zero-order chi connectivity index (χ0) is 25.4. The van der Waals surface area contributed by atoms with Crippen LogP contribution in [0.4, 0.5) is 28.0 Å². The average molecular weight is 509 g/mol. The molecule has 7 nitrogen and oxygen atoms in total. The van der Waals surface area contributed by atoms with Crippen molar-refractivity contribution in [3.63, 3.8) is 0 Å². The van der Waals surface area contributed by atoms with Crippen molar-refractivity contribution >= 4 is 34.9 Å². The first-order chi connectivity index (χ1) is 16.6. The fraction of sp³-hybridized carbons (Fsp3) is 0.0870. The van der Waals surface area contributed by atoms with Crippen LogP contribution in [0.25, 0.3) is 0 Å². The van der Waals surface area contributed by atoms with E-state index < -0.39 is 29.9 Å². The van der Waals surface area contributed by atoms with Crippen molar-refractivity contribution in [2.45, 2.75) is 6.36 Å². The van der Waals surface area contributed by atoms with Gasteiger partial charge in [-0.05, 0) is 60.7 Å². The molecule has 0 aliphatic rings. The number of nitrogens with zero attached hydrogens (tertiary/aromatic N) is 1. The van der Waals surface area contributed by atoms with Crippen LogP contribution in [-0.2, 0) is 0 Å². The Morgan fingerprint density at radius 2 is 1.63 bits per heavy atom. The van der Waals surface area contributed by atoms with Gasteiger partial charge in [-0.3, -0.25) is 4.79 Å². The lowest BCUT2D eigenvalue weighted by atomic mass is 10.1. The van der Waals surface area contributed by atoms with Crippen LogP contribution in [-0.4, -0.2) is 30.6 Å². The van der Waals surface area contributed by atoms with Crippen LogP contribution >= 0.6 is 11.6 Å². The number of hydrazone groups is 1. The molecule has 0 atom stereocenters. The Kier molecular flexibility index (Phi) is 8.26. The maximum Gasteiger partial charge on any atom is 0.573 e. The third-order valence-electron chi connectivity index (χ3n) is 4.32. The molecule has 3 amide bonds. The third kappa shape index (κ3) is 8.31. The molecule has 0 fully saturated rings. The predicted octanol–water partition coefficient (Wildman–Crippen LogP) is 5.33. The normalized spacial score (nSPS) is 11.5. The van der Waals surface area contributed by atoms with Crippen LogP contribution in [0.5, 0.6) is 5.75 Å². The molecule has 3 aromatic rings. The minimum atomic E-state index is -4.84. The quantitative estimate of drug-likeness (QED) is 0.229.